The lowest BCUT2D eigenvalue weighted by atomic mass is 10.0. The molecule has 2 aromatic rings. The first-order valence-electron chi connectivity index (χ1n) is 5.39. The van der Waals surface area contributed by atoms with E-state index in [0.29, 0.717) is 16.3 Å². The molecule has 1 heterocycles. The first-order chi connectivity index (χ1) is 8.06. The third-order valence-corrected chi connectivity index (χ3v) is 3.90. The van der Waals surface area contributed by atoms with Gasteiger partial charge in [-0.3, -0.25) is 4.79 Å². The Bertz CT molecular complexity index is 537. The van der Waals surface area contributed by atoms with Crippen molar-refractivity contribution in [2.24, 2.45) is 0 Å². The van der Waals surface area contributed by atoms with Gasteiger partial charge in [-0.2, -0.15) is 0 Å². The minimum Gasteiger partial charge on any atom is -0.293 e. The van der Waals surface area contributed by atoms with Crippen LogP contribution in [0.3, 0.4) is 0 Å². The molecular formula is C14H13ClOS. The van der Waals surface area contributed by atoms with Gasteiger partial charge in [0.2, 0.25) is 0 Å². The van der Waals surface area contributed by atoms with Gasteiger partial charge < -0.3 is 0 Å². The summed E-state index contributed by atoms with van der Waals surface area (Å²) in [7, 11) is 0. The van der Waals surface area contributed by atoms with E-state index in [1.165, 1.54) is 22.5 Å². The molecule has 0 atom stereocenters. The minimum absolute atomic E-state index is 0.0926. The van der Waals surface area contributed by atoms with Gasteiger partial charge in [0.05, 0.1) is 9.90 Å². The maximum absolute atomic E-state index is 12.0. The minimum atomic E-state index is 0.0926. The van der Waals surface area contributed by atoms with Crippen LogP contribution in [0.2, 0.25) is 5.02 Å². The molecule has 0 fully saturated rings. The van der Waals surface area contributed by atoms with Gasteiger partial charge in [-0.05, 0) is 30.9 Å². The fourth-order valence-electron chi connectivity index (χ4n) is 1.93. The number of hydrogen-bond acceptors (Lipinski definition) is 2. The first-order valence-corrected chi connectivity index (χ1v) is 6.65. The van der Waals surface area contributed by atoms with E-state index in [-0.39, 0.29) is 5.78 Å². The summed E-state index contributed by atoms with van der Waals surface area (Å²) >= 11 is 7.36. The SMILES string of the molecule is Cc1cc(C)cc(CC(=O)c2sccc2Cl)c1. The number of carbonyl (C=O) groups excluding carboxylic acids is 1. The smallest absolute Gasteiger partial charge is 0.178 e. The molecular weight excluding hydrogens is 252 g/mol. The normalized spacial score (nSPS) is 10.5. The molecule has 0 bridgehead atoms. The highest BCUT2D eigenvalue weighted by Crippen LogP contribution is 2.24. The third-order valence-electron chi connectivity index (χ3n) is 2.52. The highest BCUT2D eigenvalue weighted by atomic mass is 35.5. The average Bonchev–Trinajstić information content (AvgIpc) is 2.62. The number of ketones is 1. The molecule has 2 rings (SSSR count). The third kappa shape index (κ3) is 2.96. The molecule has 1 aromatic heterocycles. The Balaban J connectivity index is 2.21. The van der Waals surface area contributed by atoms with E-state index in [1.54, 1.807) is 6.07 Å². The van der Waals surface area contributed by atoms with Gasteiger partial charge in [0, 0.05) is 6.42 Å². The summed E-state index contributed by atoms with van der Waals surface area (Å²) in [5.74, 6) is 0.0926. The Morgan fingerprint density at radius 3 is 2.41 bits per heavy atom. The number of benzene rings is 1. The van der Waals surface area contributed by atoms with Crippen LogP contribution in [-0.2, 0) is 6.42 Å². The number of Topliss-reactive ketones (excluding diaryl/α,β-unsaturated/α-hetero) is 1. The monoisotopic (exact) mass is 264 g/mol. The van der Waals surface area contributed by atoms with Crippen molar-refractivity contribution < 1.29 is 4.79 Å². The van der Waals surface area contributed by atoms with E-state index in [1.807, 2.05) is 31.4 Å². The highest BCUT2D eigenvalue weighted by molar-refractivity contribution is 7.12. The molecule has 0 saturated heterocycles. The van der Waals surface area contributed by atoms with Crippen molar-refractivity contribution in [3.63, 3.8) is 0 Å². The van der Waals surface area contributed by atoms with Crippen LogP contribution in [-0.4, -0.2) is 5.78 Å². The Labute approximate surface area is 110 Å². The molecule has 0 amide bonds. The van der Waals surface area contributed by atoms with Crippen molar-refractivity contribution in [3.8, 4) is 0 Å². The van der Waals surface area contributed by atoms with E-state index in [0.717, 1.165) is 5.56 Å². The maximum atomic E-state index is 12.0. The van der Waals surface area contributed by atoms with Crippen LogP contribution in [0.25, 0.3) is 0 Å². The predicted octanol–water partition coefficient (Wildman–Crippen LogP) is 4.44. The number of carbonyl (C=O) groups is 1. The molecule has 0 aliphatic rings. The molecule has 0 aliphatic carbocycles. The Kier molecular flexibility index (Phi) is 3.65. The molecule has 0 aliphatic heterocycles. The molecule has 17 heavy (non-hydrogen) atoms. The predicted molar refractivity (Wildman–Crippen MR) is 73.3 cm³/mol. The zero-order valence-corrected chi connectivity index (χ0v) is 11.4. The fraction of sp³-hybridized carbons (Fsp3) is 0.214. The lowest BCUT2D eigenvalue weighted by molar-refractivity contribution is 0.0997. The molecule has 0 N–H and O–H groups in total. The molecule has 0 radical (unpaired) electrons. The second-order valence-electron chi connectivity index (χ2n) is 4.19. The maximum Gasteiger partial charge on any atom is 0.178 e. The zero-order valence-electron chi connectivity index (χ0n) is 9.79. The fourth-order valence-corrected chi connectivity index (χ4v) is 3.03. The van der Waals surface area contributed by atoms with Gasteiger partial charge >= 0.3 is 0 Å². The standard InChI is InChI=1S/C14H13ClOS/c1-9-5-10(2)7-11(6-9)8-13(16)14-12(15)3-4-17-14/h3-7H,8H2,1-2H3. The lowest BCUT2D eigenvalue weighted by Crippen LogP contribution is -2.02. The summed E-state index contributed by atoms with van der Waals surface area (Å²) in [6.07, 6.45) is 0.419. The van der Waals surface area contributed by atoms with Gasteiger partial charge in [0.1, 0.15) is 0 Å². The summed E-state index contributed by atoms with van der Waals surface area (Å²) in [6, 6.07) is 7.96. The Hall–Kier alpha value is -1.12. The molecule has 0 saturated carbocycles. The summed E-state index contributed by atoms with van der Waals surface area (Å²) in [5, 5.41) is 2.40. The summed E-state index contributed by atoms with van der Waals surface area (Å²) in [6.45, 7) is 4.08. The van der Waals surface area contributed by atoms with Crippen LogP contribution in [0.15, 0.2) is 29.6 Å². The van der Waals surface area contributed by atoms with Gasteiger partial charge in [-0.1, -0.05) is 40.9 Å². The molecule has 3 heteroatoms. The van der Waals surface area contributed by atoms with E-state index < -0.39 is 0 Å². The molecule has 0 spiro atoms. The molecule has 1 aromatic carbocycles. The van der Waals surface area contributed by atoms with E-state index in [2.05, 4.69) is 6.07 Å². The van der Waals surface area contributed by atoms with Crippen LogP contribution >= 0.6 is 22.9 Å². The zero-order chi connectivity index (χ0) is 12.4. The van der Waals surface area contributed by atoms with E-state index >= 15 is 0 Å². The van der Waals surface area contributed by atoms with Gasteiger partial charge in [-0.25, -0.2) is 0 Å². The second kappa shape index (κ2) is 5.03. The van der Waals surface area contributed by atoms with Crippen molar-refractivity contribution in [3.05, 3.63) is 56.2 Å². The molecule has 1 nitrogen and oxygen atoms in total. The number of thiophene rings is 1. The quantitative estimate of drug-likeness (QED) is 0.749. The number of halogens is 1. The van der Waals surface area contributed by atoms with Crippen molar-refractivity contribution in [2.45, 2.75) is 20.3 Å². The van der Waals surface area contributed by atoms with Gasteiger partial charge in [0.15, 0.2) is 5.78 Å². The molecule has 88 valence electrons. The van der Waals surface area contributed by atoms with Crippen LogP contribution in [0.4, 0.5) is 0 Å². The largest absolute Gasteiger partial charge is 0.293 e. The van der Waals surface area contributed by atoms with Crippen LogP contribution < -0.4 is 0 Å². The topological polar surface area (TPSA) is 17.1 Å². The van der Waals surface area contributed by atoms with Gasteiger partial charge in [-0.15, -0.1) is 11.3 Å². The first kappa shape index (κ1) is 12.3. The van der Waals surface area contributed by atoms with Crippen molar-refractivity contribution >= 4 is 28.7 Å². The van der Waals surface area contributed by atoms with E-state index in [4.69, 9.17) is 11.6 Å². The summed E-state index contributed by atoms with van der Waals surface area (Å²) in [4.78, 5) is 12.7. The second-order valence-corrected chi connectivity index (χ2v) is 5.52. The average molecular weight is 265 g/mol. The van der Waals surface area contributed by atoms with Crippen LogP contribution in [0.5, 0.6) is 0 Å². The van der Waals surface area contributed by atoms with Gasteiger partial charge in [0.25, 0.3) is 0 Å². The highest BCUT2D eigenvalue weighted by Gasteiger charge is 2.12. The van der Waals surface area contributed by atoms with Crippen LogP contribution in [0, 0.1) is 13.8 Å². The number of hydrogen-bond donors (Lipinski definition) is 0. The van der Waals surface area contributed by atoms with Crippen molar-refractivity contribution in [1.29, 1.82) is 0 Å². The Morgan fingerprint density at radius 2 is 1.88 bits per heavy atom. The van der Waals surface area contributed by atoms with Crippen molar-refractivity contribution in [2.75, 3.05) is 0 Å². The van der Waals surface area contributed by atoms with Crippen molar-refractivity contribution in [1.82, 2.24) is 0 Å². The molecule has 0 unspecified atom stereocenters. The Morgan fingerprint density at radius 1 is 1.24 bits per heavy atom. The number of rotatable bonds is 3. The summed E-state index contributed by atoms with van der Waals surface area (Å²) < 4.78 is 0. The van der Waals surface area contributed by atoms with E-state index in [9.17, 15) is 4.79 Å². The lowest BCUT2D eigenvalue weighted by Gasteiger charge is -2.04. The summed E-state index contributed by atoms with van der Waals surface area (Å²) in [5.41, 5.74) is 3.42. The number of aryl methyl sites for hydroxylation is 2. The van der Waals surface area contributed by atoms with Crippen LogP contribution in [0.1, 0.15) is 26.4 Å².